The fraction of sp³-hybridized carbons (Fsp3) is 0.125. The first-order chi connectivity index (χ1) is 5.33. The van der Waals surface area contributed by atoms with Crippen LogP contribution in [-0.4, -0.2) is 6.41 Å². The van der Waals surface area contributed by atoms with E-state index in [2.05, 4.69) is 0 Å². The molecule has 0 aliphatic heterocycles. The molecule has 0 atom stereocenters. The quantitative estimate of drug-likeness (QED) is 0.615. The van der Waals surface area contributed by atoms with E-state index in [-0.39, 0.29) is 0 Å². The van der Waals surface area contributed by atoms with Gasteiger partial charge in [-0.15, -0.1) is 0 Å². The Morgan fingerprint density at radius 1 is 1.50 bits per heavy atom. The SMILES string of the molecule is [2H]N(C=O)Cc1ccccc1. The zero-order chi connectivity index (χ0) is 8.10. The predicted molar refractivity (Wildman–Crippen MR) is 39.3 cm³/mol. The zero-order valence-corrected chi connectivity index (χ0v) is 5.53. The summed E-state index contributed by atoms with van der Waals surface area (Å²) in [4.78, 5) is 10.0. The van der Waals surface area contributed by atoms with Crippen molar-refractivity contribution in [2.24, 2.45) is 0 Å². The number of carbonyl (C=O) groups is 1. The first kappa shape index (κ1) is 5.47. The number of benzene rings is 1. The van der Waals surface area contributed by atoms with Crippen molar-refractivity contribution in [2.75, 3.05) is 0 Å². The molecular formula is C8H9NO. The van der Waals surface area contributed by atoms with E-state index in [1.165, 1.54) is 0 Å². The van der Waals surface area contributed by atoms with Crippen LogP contribution in [0.2, 0.25) is 1.41 Å². The van der Waals surface area contributed by atoms with Crippen LogP contribution in [0.15, 0.2) is 30.3 Å². The maximum Gasteiger partial charge on any atom is 0.207 e. The molecule has 0 unspecified atom stereocenters. The van der Waals surface area contributed by atoms with Gasteiger partial charge in [-0.05, 0) is 5.56 Å². The minimum Gasteiger partial charge on any atom is -0.355 e. The summed E-state index contributed by atoms with van der Waals surface area (Å²) in [5.41, 5.74) is 0.967. The van der Waals surface area contributed by atoms with E-state index in [0.29, 0.717) is 13.0 Å². The smallest absolute Gasteiger partial charge is 0.207 e. The highest BCUT2D eigenvalue weighted by molar-refractivity contribution is 5.46. The molecule has 52 valence electrons. The van der Waals surface area contributed by atoms with Crippen LogP contribution in [0.3, 0.4) is 0 Å². The molecule has 0 heterocycles. The lowest BCUT2D eigenvalue weighted by Crippen LogP contribution is -2.09. The molecule has 1 N–H and O–H groups in total. The van der Waals surface area contributed by atoms with Crippen LogP contribution in [0, 0.1) is 0 Å². The first-order valence-corrected chi connectivity index (χ1v) is 3.07. The average Bonchev–Trinajstić information content (AvgIpc) is 2.06. The molecule has 0 aliphatic carbocycles. The summed E-state index contributed by atoms with van der Waals surface area (Å²) in [6, 6.07) is 9.43. The van der Waals surface area contributed by atoms with Crippen molar-refractivity contribution in [3.05, 3.63) is 35.9 Å². The Hall–Kier alpha value is -1.31. The molecule has 0 saturated carbocycles. The summed E-state index contributed by atoms with van der Waals surface area (Å²) in [6.45, 7) is 0.352. The van der Waals surface area contributed by atoms with Gasteiger partial charge in [0.2, 0.25) is 6.41 Å². The number of hydrogen-bond donors (Lipinski definition) is 1. The molecule has 0 bridgehead atoms. The predicted octanol–water partition coefficient (Wildman–Crippen LogP) is 0.933. The van der Waals surface area contributed by atoms with Crippen LogP contribution in [0.4, 0.5) is 0 Å². The highest BCUT2D eigenvalue weighted by Gasteiger charge is 1.85. The van der Waals surface area contributed by atoms with Crippen molar-refractivity contribution in [1.29, 1.82) is 0 Å². The summed E-state index contributed by atoms with van der Waals surface area (Å²) >= 11 is 0. The van der Waals surface area contributed by atoms with E-state index in [0.717, 1.165) is 10.9 Å². The molecule has 1 amide bonds. The van der Waals surface area contributed by atoms with Gasteiger partial charge in [-0.3, -0.25) is 4.79 Å². The number of carbonyl (C=O) groups excluding carboxylic acids is 1. The molecule has 0 aromatic heterocycles. The molecule has 0 radical (unpaired) electrons. The largest absolute Gasteiger partial charge is 0.355 e. The Morgan fingerprint density at radius 3 is 2.80 bits per heavy atom. The van der Waals surface area contributed by atoms with E-state index in [9.17, 15) is 4.79 Å². The van der Waals surface area contributed by atoms with E-state index < -0.39 is 0 Å². The minimum absolute atomic E-state index is 0.352. The lowest BCUT2D eigenvalue weighted by Gasteiger charge is -1.96. The van der Waals surface area contributed by atoms with Gasteiger partial charge in [0.15, 0.2) is 1.41 Å². The standard InChI is InChI=1S/C8H9NO/c10-7-9-6-8-4-2-1-3-5-8/h1-5,7H,6H2,(H,9,10)/i/hD. The number of amides is 1. The van der Waals surface area contributed by atoms with E-state index >= 15 is 0 Å². The van der Waals surface area contributed by atoms with Crippen molar-refractivity contribution in [3.63, 3.8) is 0 Å². The maximum atomic E-state index is 10.0. The summed E-state index contributed by atoms with van der Waals surface area (Å²) in [5.74, 6) is 0. The molecule has 0 saturated heterocycles. The van der Waals surface area contributed by atoms with Gasteiger partial charge in [0.25, 0.3) is 0 Å². The van der Waals surface area contributed by atoms with Crippen molar-refractivity contribution in [1.82, 2.24) is 5.31 Å². The van der Waals surface area contributed by atoms with Gasteiger partial charge in [-0.25, -0.2) is 0 Å². The maximum absolute atomic E-state index is 10.0. The van der Waals surface area contributed by atoms with E-state index in [1.807, 2.05) is 30.3 Å². The first-order valence-electron chi connectivity index (χ1n) is 3.52. The van der Waals surface area contributed by atoms with Crippen molar-refractivity contribution < 1.29 is 6.21 Å². The van der Waals surface area contributed by atoms with Gasteiger partial charge in [-0.1, -0.05) is 30.3 Å². The van der Waals surface area contributed by atoms with Gasteiger partial charge in [0.05, 0.1) is 0 Å². The van der Waals surface area contributed by atoms with E-state index in [1.54, 1.807) is 0 Å². The highest BCUT2D eigenvalue weighted by Crippen LogP contribution is 1.95. The van der Waals surface area contributed by atoms with Gasteiger partial charge in [0.1, 0.15) is 0 Å². The van der Waals surface area contributed by atoms with Gasteiger partial charge in [-0.2, -0.15) is 0 Å². The summed E-state index contributed by atoms with van der Waals surface area (Å²) in [5, 5.41) is 0.856. The van der Waals surface area contributed by atoms with Crippen LogP contribution >= 0.6 is 0 Å². The number of hydrogen-bond acceptors (Lipinski definition) is 1. The van der Waals surface area contributed by atoms with Crippen LogP contribution in [0.1, 0.15) is 5.56 Å². The van der Waals surface area contributed by atoms with Crippen LogP contribution in [0.25, 0.3) is 0 Å². The van der Waals surface area contributed by atoms with Crippen LogP contribution in [-0.2, 0) is 11.3 Å². The molecule has 0 spiro atoms. The Bertz CT molecular complexity index is 225. The lowest BCUT2D eigenvalue weighted by molar-refractivity contribution is -0.109. The van der Waals surface area contributed by atoms with Gasteiger partial charge < -0.3 is 5.31 Å². The third kappa shape index (κ3) is 1.90. The number of rotatable bonds is 3. The Labute approximate surface area is 61.3 Å². The molecule has 2 heteroatoms. The van der Waals surface area contributed by atoms with Crippen molar-refractivity contribution in [2.45, 2.75) is 6.54 Å². The topological polar surface area (TPSA) is 29.1 Å². The summed E-state index contributed by atoms with van der Waals surface area (Å²) < 4.78 is 7.02. The van der Waals surface area contributed by atoms with Crippen LogP contribution < -0.4 is 5.31 Å². The Kier molecular flexibility index (Phi) is 2.01. The fourth-order valence-corrected chi connectivity index (χ4v) is 0.726. The molecule has 1 aromatic carbocycles. The van der Waals surface area contributed by atoms with Crippen molar-refractivity contribution >= 4 is 6.41 Å². The molecular weight excluding hydrogens is 126 g/mol. The third-order valence-corrected chi connectivity index (χ3v) is 1.19. The molecule has 2 nitrogen and oxygen atoms in total. The average molecular weight is 136 g/mol. The van der Waals surface area contributed by atoms with Crippen molar-refractivity contribution in [3.8, 4) is 0 Å². The molecule has 0 aliphatic rings. The minimum atomic E-state index is 0.352. The number of nitrogens with one attached hydrogen (secondary N) is 1. The second-order valence-corrected chi connectivity index (χ2v) is 1.93. The second kappa shape index (κ2) is 3.67. The summed E-state index contributed by atoms with van der Waals surface area (Å²) in [7, 11) is 0. The zero-order valence-electron chi connectivity index (χ0n) is 6.53. The lowest BCUT2D eigenvalue weighted by atomic mass is 10.2. The molecule has 1 rings (SSSR count). The summed E-state index contributed by atoms with van der Waals surface area (Å²) in [6.07, 6.45) is 0.493. The third-order valence-electron chi connectivity index (χ3n) is 1.19. The molecule has 10 heavy (non-hydrogen) atoms. The second-order valence-electron chi connectivity index (χ2n) is 1.93. The molecule has 0 fully saturated rings. The van der Waals surface area contributed by atoms with Crippen LogP contribution in [0.5, 0.6) is 0 Å². The monoisotopic (exact) mass is 136 g/mol. The van der Waals surface area contributed by atoms with Gasteiger partial charge >= 0.3 is 0 Å². The fourth-order valence-electron chi connectivity index (χ4n) is 0.726. The van der Waals surface area contributed by atoms with Gasteiger partial charge in [0, 0.05) is 6.54 Å². The Balaban J connectivity index is 2.57. The normalized spacial score (nSPS) is 10.2. The van der Waals surface area contributed by atoms with E-state index in [4.69, 9.17) is 1.41 Å². The Morgan fingerprint density at radius 2 is 2.20 bits per heavy atom. The highest BCUT2D eigenvalue weighted by atomic mass is 16.1. The molecule has 1 aromatic rings.